The lowest BCUT2D eigenvalue weighted by atomic mass is 9.80. The van der Waals surface area contributed by atoms with Gasteiger partial charge in [-0.25, -0.2) is 0 Å². The number of benzene rings is 2. The van der Waals surface area contributed by atoms with E-state index >= 15 is 0 Å². The van der Waals surface area contributed by atoms with Crippen LogP contribution >= 0.6 is 0 Å². The van der Waals surface area contributed by atoms with Gasteiger partial charge in [0.05, 0.1) is 0 Å². The lowest BCUT2D eigenvalue weighted by Crippen LogP contribution is -2.10. The summed E-state index contributed by atoms with van der Waals surface area (Å²) >= 11 is 0. The average molecular weight is 266 g/mol. The number of aryl methyl sites for hydroxylation is 4. The molecule has 2 aromatic carbocycles. The Kier molecular flexibility index (Phi) is 4.32. The summed E-state index contributed by atoms with van der Waals surface area (Å²) in [5.74, 6) is 1.07. The van der Waals surface area contributed by atoms with Gasteiger partial charge in [-0.05, 0) is 44.7 Å². The first-order valence-corrected chi connectivity index (χ1v) is 7.53. The molecule has 0 spiro atoms. The fraction of sp³-hybridized carbons (Fsp3) is 0.400. The van der Waals surface area contributed by atoms with Crippen molar-refractivity contribution in [1.29, 1.82) is 0 Å². The lowest BCUT2D eigenvalue weighted by Gasteiger charge is -2.24. The third kappa shape index (κ3) is 3.30. The Morgan fingerprint density at radius 1 is 0.550 bits per heavy atom. The summed E-state index contributed by atoms with van der Waals surface area (Å²) in [6.45, 7) is 13.4. The first-order chi connectivity index (χ1) is 9.36. The molecule has 20 heavy (non-hydrogen) atoms. The van der Waals surface area contributed by atoms with Gasteiger partial charge in [0.25, 0.3) is 0 Å². The third-order valence-electron chi connectivity index (χ3n) is 3.87. The van der Waals surface area contributed by atoms with Gasteiger partial charge in [-0.1, -0.05) is 72.5 Å². The Morgan fingerprint density at radius 2 is 0.850 bits per heavy atom. The van der Waals surface area contributed by atoms with Crippen LogP contribution in [-0.4, -0.2) is 0 Å². The normalized spacial score (nSPS) is 11.4. The second kappa shape index (κ2) is 5.83. The molecule has 2 aromatic rings. The Balaban J connectivity index is 2.56. The molecule has 0 fully saturated rings. The van der Waals surface area contributed by atoms with Crippen molar-refractivity contribution in [1.82, 2.24) is 0 Å². The number of hydrogen-bond donors (Lipinski definition) is 0. The van der Waals surface area contributed by atoms with Crippen molar-refractivity contribution in [3.8, 4) is 0 Å². The van der Waals surface area contributed by atoms with E-state index in [0.717, 1.165) is 0 Å². The van der Waals surface area contributed by atoms with Gasteiger partial charge < -0.3 is 0 Å². The van der Waals surface area contributed by atoms with Crippen molar-refractivity contribution in [2.45, 2.75) is 47.5 Å². The standard InChI is InChI=1S/C20H26/c1-13(2)20(18-9-14(3)7-15(4)10-18)19-11-16(5)8-17(6)12-19/h7-13,20H,1-6H3. The molecule has 0 amide bonds. The van der Waals surface area contributed by atoms with E-state index in [2.05, 4.69) is 77.9 Å². The summed E-state index contributed by atoms with van der Waals surface area (Å²) in [5.41, 5.74) is 8.32. The molecule has 0 heterocycles. The average Bonchev–Trinajstić information content (AvgIpc) is 2.25. The van der Waals surface area contributed by atoms with Crippen LogP contribution in [0.3, 0.4) is 0 Å². The highest BCUT2D eigenvalue weighted by Crippen LogP contribution is 2.33. The molecule has 0 saturated heterocycles. The Labute approximate surface area is 123 Å². The van der Waals surface area contributed by atoms with Crippen LogP contribution in [-0.2, 0) is 0 Å². The van der Waals surface area contributed by atoms with E-state index in [1.165, 1.54) is 33.4 Å². The summed E-state index contributed by atoms with van der Waals surface area (Å²) in [7, 11) is 0. The van der Waals surface area contributed by atoms with E-state index in [1.54, 1.807) is 0 Å². The molecule has 0 N–H and O–H groups in total. The van der Waals surface area contributed by atoms with Crippen LogP contribution in [0, 0.1) is 33.6 Å². The molecule has 106 valence electrons. The topological polar surface area (TPSA) is 0 Å². The molecule has 0 unspecified atom stereocenters. The van der Waals surface area contributed by atoms with E-state index in [1.807, 2.05) is 0 Å². The highest BCUT2D eigenvalue weighted by Gasteiger charge is 2.19. The highest BCUT2D eigenvalue weighted by molar-refractivity contribution is 5.40. The zero-order chi connectivity index (χ0) is 14.9. The molecule has 0 aromatic heterocycles. The highest BCUT2D eigenvalue weighted by atomic mass is 14.2. The molecule has 0 saturated carbocycles. The Hall–Kier alpha value is -1.56. The molecule has 0 radical (unpaired) electrons. The third-order valence-corrected chi connectivity index (χ3v) is 3.87. The van der Waals surface area contributed by atoms with Crippen LogP contribution in [0.2, 0.25) is 0 Å². The van der Waals surface area contributed by atoms with Crippen molar-refractivity contribution in [2.75, 3.05) is 0 Å². The second-order valence-electron chi connectivity index (χ2n) is 6.56. The van der Waals surface area contributed by atoms with Crippen LogP contribution in [0.15, 0.2) is 36.4 Å². The summed E-state index contributed by atoms with van der Waals surface area (Å²) in [6.07, 6.45) is 0. The molecular formula is C20H26. The zero-order valence-electron chi connectivity index (χ0n) is 13.6. The summed E-state index contributed by atoms with van der Waals surface area (Å²) in [5, 5.41) is 0. The minimum Gasteiger partial charge on any atom is -0.0619 e. The molecular weight excluding hydrogens is 240 g/mol. The molecule has 0 aliphatic rings. The summed E-state index contributed by atoms with van der Waals surface area (Å²) in [6, 6.07) is 13.9. The van der Waals surface area contributed by atoms with Crippen molar-refractivity contribution in [3.63, 3.8) is 0 Å². The SMILES string of the molecule is Cc1cc(C)cc(C(c2cc(C)cc(C)c2)C(C)C)c1. The van der Waals surface area contributed by atoms with Gasteiger partial charge in [0.15, 0.2) is 0 Å². The van der Waals surface area contributed by atoms with Crippen molar-refractivity contribution < 1.29 is 0 Å². The quantitative estimate of drug-likeness (QED) is 0.667. The molecule has 0 nitrogen and oxygen atoms in total. The van der Waals surface area contributed by atoms with Gasteiger partial charge in [0.1, 0.15) is 0 Å². The molecule has 0 atom stereocenters. The molecule has 2 rings (SSSR count). The van der Waals surface area contributed by atoms with E-state index < -0.39 is 0 Å². The monoisotopic (exact) mass is 266 g/mol. The van der Waals surface area contributed by atoms with Crippen LogP contribution in [0.5, 0.6) is 0 Å². The van der Waals surface area contributed by atoms with Gasteiger partial charge in [0, 0.05) is 5.92 Å². The smallest absolute Gasteiger partial charge is 0.0113 e. The van der Waals surface area contributed by atoms with E-state index in [-0.39, 0.29) is 0 Å². The second-order valence-corrected chi connectivity index (χ2v) is 6.56. The maximum absolute atomic E-state index is 2.34. The van der Waals surface area contributed by atoms with E-state index in [4.69, 9.17) is 0 Å². The first kappa shape index (κ1) is 14.8. The zero-order valence-corrected chi connectivity index (χ0v) is 13.6. The van der Waals surface area contributed by atoms with Gasteiger partial charge in [-0.3, -0.25) is 0 Å². The van der Waals surface area contributed by atoms with Crippen LogP contribution in [0.25, 0.3) is 0 Å². The van der Waals surface area contributed by atoms with Gasteiger partial charge >= 0.3 is 0 Å². The van der Waals surface area contributed by atoms with E-state index in [9.17, 15) is 0 Å². The fourth-order valence-electron chi connectivity index (χ4n) is 3.34. The van der Waals surface area contributed by atoms with Crippen molar-refractivity contribution in [3.05, 3.63) is 69.8 Å². The number of hydrogen-bond acceptors (Lipinski definition) is 0. The Morgan fingerprint density at radius 3 is 1.10 bits per heavy atom. The molecule has 0 heteroatoms. The summed E-state index contributed by atoms with van der Waals surface area (Å²) in [4.78, 5) is 0. The largest absolute Gasteiger partial charge is 0.0619 e. The van der Waals surface area contributed by atoms with Crippen LogP contribution < -0.4 is 0 Å². The van der Waals surface area contributed by atoms with Gasteiger partial charge in [-0.15, -0.1) is 0 Å². The number of rotatable bonds is 3. The summed E-state index contributed by atoms with van der Waals surface area (Å²) < 4.78 is 0. The molecule has 0 bridgehead atoms. The van der Waals surface area contributed by atoms with Crippen molar-refractivity contribution >= 4 is 0 Å². The Bertz CT molecular complexity index is 513. The minimum absolute atomic E-state index is 0.479. The van der Waals surface area contributed by atoms with Gasteiger partial charge in [0.2, 0.25) is 0 Å². The predicted molar refractivity (Wildman–Crippen MR) is 88.5 cm³/mol. The lowest BCUT2D eigenvalue weighted by molar-refractivity contribution is 0.563. The first-order valence-electron chi connectivity index (χ1n) is 7.53. The predicted octanol–water partition coefficient (Wildman–Crippen LogP) is 5.71. The van der Waals surface area contributed by atoms with Gasteiger partial charge in [-0.2, -0.15) is 0 Å². The maximum Gasteiger partial charge on any atom is 0.0113 e. The van der Waals surface area contributed by atoms with Crippen LogP contribution in [0.4, 0.5) is 0 Å². The van der Waals surface area contributed by atoms with E-state index in [0.29, 0.717) is 11.8 Å². The maximum atomic E-state index is 2.34. The van der Waals surface area contributed by atoms with Crippen molar-refractivity contribution in [2.24, 2.45) is 5.92 Å². The van der Waals surface area contributed by atoms with Crippen LogP contribution in [0.1, 0.15) is 53.1 Å². The molecule has 0 aliphatic heterocycles. The molecule has 0 aliphatic carbocycles. The fourth-order valence-corrected chi connectivity index (χ4v) is 3.34. The minimum atomic E-state index is 0.479.